The molecule has 0 aliphatic heterocycles. The van der Waals surface area contributed by atoms with Crippen LogP contribution < -0.4 is 4.72 Å². The maximum Gasteiger partial charge on any atom is 0.253 e. The van der Waals surface area contributed by atoms with Crippen LogP contribution in [-0.4, -0.2) is 39.9 Å². The van der Waals surface area contributed by atoms with E-state index in [2.05, 4.69) is 16.6 Å². The van der Waals surface area contributed by atoms with E-state index >= 15 is 0 Å². The molecule has 2 aromatic rings. The first-order valence-corrected chi connectivity index (χ1v) is 9.21. The summed E-state index contributed by atoms with van der Waals surface area (Å²) in [7, 11) is -0.287. The van der Waals surface area contributed by atoms with Gasteiger partial charge in [0.25, 0.3) is 5.91 Å². The molecule has 0 saturated heterocycles. The van der Waals surface area contributed by atoms with Crippen molar-refractivity contribution in [2.24, 2.45) is 0 Å². The molecule has 0 unspecified atom stereocenters. The largest absolute Gasteiger partial charge is 0.345 e. The predicted octanol–water partition coefficient (Wildman–Crippen LogP) is 2.37. The lowest BCUT2D eigenvalue weighted by Crippen LogP contribution is -2.23. The van der Waals surface area contributed by atoms with Crippen LogP contribution in [0.25, 0.3) is 0 Å². The minimum absolute atomic E-state index is 0.0345. The Morgan fingerprint density at radius 2 is 1.84 bits per heavy atom. The van der Waals surface area contributed by atoms with E-state index in [9.17, 15) is 13.2 Å². The van der Waals surface area contributed by atoms with E-state index in [1.807, 2.05) is 0 Å². The summed E-state index contributed by atoms with van der Waals surface area (Å²) < 4.78 is 26.6. The van der Waals surface area contributed by atoms with Crippen LogP contribution in [0.15, 0.2) is 53.4 Å². The zero-order valence-electron chi connectivity index (χ0n) is 13.8. The van der Waals surface area contributed by atoms with Crippen molar-refractivity contribution in [3.05, 3.63) is 64.7 Å². The summed E-state index contributed by atoms with van der Waals surface area (Å²) in [6.45, 7) is -0.0345. The molecule has 2 rings (SSSR count). The number of amides is 1. The quantitative estimate of drug-likeness (QED) is 0.833. The fourth-order valence-corrected chi connectivity index (χ4v) is 3.17. The Hall–Kier alpha value is -2.33. The Kier molecular flexibility index (Phi) is 6.21. The van der Waals surface area contributed by atoms with Crippen LogP contribution in [0.5, 0.6) is 0 Å². The molecule has 0 saturated carbocycles. The fraction of sp³-hybridized carbons (Fsp3) is 0.167. The summed E-state index contributed by atoms with van der Waals surface area (Å²) in [4.78, 5) is 13.4. The van der Waals surface area contributed by atoms with E-state index < -0.39 is 10.0 Å². The molecule has 0 radical (unpaired) electrons. The van der Waals surface area contributed by atoms with Gasteiger partial charge in [-0.05, 0) is 42.5 Å². The first-order valence-electron chi connectivity index (χ1n) is 7.35. The number of sulfonamides is 1. The standard InChI is InChI=1S/C18H17ClN2O3S/c1-21(2)18(22)15-10-8-14(9-11-15)5-4-12-20-25(23,24)17-7-3-6-16(19)13-17/h3,6-11,13,20H,12H2,1-2H3. The molecule has 130 valence electrons. The van der Waals surface area contributed by atoms with Gasteiger partial charge in [-0.1, -0.05) is 29.5 Å². The van der Waals surface area contributed by atoms with Crippen molar-refractivity contribution in [3.8, 4) is 11.8 Å². The van der Waals surface area contributed by atoms with Crippen molar-refractivity contribution in [1.29, 1.82) is 0 Å². The average Bonchev–Trinajstić information content (AvgIpc) is 2.58. The maximum atomic E-state index is 12.1. The van der Waals surface area contributed by atoms with Gasteiger partial charge in [0.2, 0.25) is 10.0 Å². The van der Waals surface area contributed by atoms with Crippen LogP contribution in [0.1, 0.15) is 15.9 Å². The molecule has 0 bridgehead atoms. The number of rotatable bonds is 4. The summed E-state index contributed by atoms with van der Waals surface area (Å²) in [5, 5.41) is 0.348. The summed E-state index contributed by atoms with van der Waals surface area (Å²) in [5.74, 6) is 5.50. The van der Waals surface area contributed by atoms with Gasteiger partial charge < -0.3 is 4.90 Å². The van der Waals surface area contributed by atoms with Gasteiger partial charge in [0.05, 0.1) is 11.4 Å². The van der Waals surface area contributed by atoms with Gasteiger partial charge in [0, 0.05) is 30.2 Å². The Morgan fingerprint density at radius 3 is 2.44 bits per heavy atom. The average molecular weight is 377 g/mol. The molecule has 2 aromatic carbocycles. The second kappa shape index (κ2) is 8.17. The summed E-state index contributed by atoms with van der Waals surface area (Å²) >= 11 is 5.80. The number of hydrogen-bond donors (Lipinski definition) is 1. The molecule has 0 aliphatic rings. The van der Waals surface area contributed by atoms with Gasteiger partial charge in [0.1, 0.15) is 0 Å². The molecule has 1 amide bonds. The van der Waals surface area contributed by atoms with E-state index in [1.165, 1.54) is 17.0 Å². The minimum Gasteiger partial charge on any atom is -0.345 e. The third-order valence-corrected chi connectivity index (χ3v) is 4.86. The molecule has 0 fully saturated rings. The molecule has 1 N–H and O–H groups in total. The van der Waals surface area contributed by atoms with Crippen molar-refractivity contribution in [3.63, 3.8) is 0 Å². The Morgan fingerprint density at radius 1 is 1.16 bits per heavy atom. The SMILES string of the molecule is CN(C)C(=O)c1ccc(C#CCNS(=O)(=O)c2cccc(Cl)c2)cc1. The molecular formula is C18H17ClN2O3S. The number of nitrogens with zero attached hydrogens (tertiary/aromatic N) is 1. The molecule has 0 spiro atoms. The van der Waals surface area contributed by atoms with Gasteiger partial charge in [0.15, 0.2) is 0 Å². The molecule has 0 heterocycles. The first-order chi connectivity index (χ1) is 11.8. The highest BCUT2D eigenvalue weighted by molar-refractivity contribution is 7.89. The Bertz CT molecular complexity index is 927. The molecule has 5 nitrogen and oxygen atoms in total. The highest BCUT2D eigenvalue weighted by Gasteiger charge is 2.12. The highest BCUT2D eigenvalue weighted by Crippen LogP contribution is 2.14. The maximum absolute atomic E-state index is 12.1. The van der Waals surface area contributed by atoms with Gasteiger partial charge >= 0.3 is 0 Å². The molecular weight excluding hydrogens is 360 g/mol. The van der Waals surface area contributed by atoms with E-state index in [0.717, 1.165) is 0 Å². The third-order valence-electron chi connectivity index (χ3n) is 3.23. The molecule has 0 aromatic heterocycles. The van der Waals surface area contributed by atoms with Crippen molar-refractivity contribution in [2.75, 3.05) is 20.6 Å². The normalized spacial score (nSPS) is 10.7. The van der Waals surface area contributed by atoms with Crippen molar-refractivity contribution >= 4 is 27.5 Å². The van der Waals surface area contributed by atoms with E-state index in [4.69, 9.17) is 11.6 Å². The zero-order chi connectivity index (χ0) is 18.4. The first kappa shape index (κ1) is 19.0. The number of nitrogens with one attached hydrogen (secondary N) is 1. The van der Waals surface area contributed by atoms with Gasteiger partial charge in [-0.2, -0.15) is 4.72 Å². The molecule has 0 aliphatic carbocycles. The van der Waals surface area contributed by atoms with Gasteiger partial charge in [-0.3, -0.25) is 4.79 Å². The monoisotopic (exact) mass is 376 g/mol. The number of halogens is 1. The molecule has 0 atom stereocenters. The highest BCUT2D eigenvalue weighted by atomic mass is 35.5. The van der Waals surface area contributed by atoms with Crippen LogP contribution in [0, 0.1) is 11.8 Å². The van der Waals surface area contributed by atoms with Gasteiger partial charge in [-0.15, -0.1) is 0 Å². The Labute approximate surface area is 152 Å². The predicted molar refractivity (Wildman–Crippen MR) is 98.0 cm³/mol. The number of hydrogen-bond acceptors (Lipinski definition) is 3. The van der Waals surface area contributed by atoms with Crippen LogP contribution in [-0.2, 0) is 10.0 Å². The van der Waals surface area contributed by atoms with Crippen molar-refractivity contribution < 1.29 is 13.2 Å². The smallest absolute Gasteiger partial charge is 0.253 e. The zero-order valence-corrected chi connectivity index (χ0v) is 15.4. The van der Waals surface area contributed by atoms with Crippen molar-refractivity contribution in [2.45, 2.75) is 4.90 Å². The lowest BCUT2D eigenvalue weighted by Gasteiger charge is -2.09. The van der Waals surface area contributed by atoms with Crippen LogP contribution in [0.4, 0.5) is 0 Å². The van der Waals surface area contributed by atoms with E-state index in [-0.39, 0.29) is 17.3 Å². The number of carbonyl (C=O) groups is 1. The third kappa shape index (κ3) is 5.33. The lowest BCUT2D eigenvalue weighted by atomic mass is 10.1. The van der Waals surface area contributed by atoms with E-state index in [0.29, 0.717) is 16.1 Å². The van der Waals surface area contributed by atoms with E-state index in [1.54, 1.807) is 50.5 Å². The number of benzene rings is 2. The second-order valence-electron chi connectivity index (χ2n) is 5.36. The van der Waals surface area contributed by atoms with Gasteiger partial charge in [-0.25, -0.2) is 8.42 Å². The second-order valence-corrected chi connectivity index (χ2v) is 7.56. The summed E-state index contributed by atoms with van der Waals surface area (Å²) in [6, 6.07) is 12.8. The molecule has 25 heavy (non-hydrogen) atoms. The number of carbonyl (C=O) groups excluding carboxylic acids is 1. The minimum atomic E-state index is -3.65. The topological polar surface area (TPSA) is 66.5 Å². The van der Waals surface area contributed by atoms with Crippen LogP contribution in [0.2, 0.25) is 5.02 Å². The fourth-order valence-electron chi connectivity index (χ4n) is 1.95. The van der Waals surface area contributed by atoms with Crippen LogP contribution in [0.3, 0.4) is 0 Å². The van der Waals surface area contributed by atoms with Crippen molar-refractivity contribution in [1.82, 2.24) is 9.62 Å². The summed E-state index contributed by atoms with van der Waals surface area (Å²) in [6.07, 6.45) is 0. The Balaban J connectivity index is 2.00. The van der Waals surface area contributed by atoms with Crippen LogP contribution >= 0.6 is 11.6 Å². The molecule has 7 heteroatoms. The lowest BCUT2D eigenvalue weighted by molar-refractivity contribution is 0.0827. The summed E-state index contributed by atoms with van der Waals surface area (Å²) in [5.41, 5.74) is 1.26.